The van der Waals surface area contributed by atoms with E-state index in [1.807, 2.05) is 13.8 Å². The van der Waals surface area contributed by atoms with Crippen molar-refractivity contribution in [2.24, 2.45) is 0 Å². The summed E-state index contributed by atoms with van der Waals surface area (Å²) in [5, 5.41) is 10.9. The fraction of sp³-hybridized carbons (Fsp3) is 0.611. The van der Waals surface area contributed by atoms with Crippen molar-refractivity contribution in [3.63, 3.8) is 0 Å². The first kappa shape index (κ1) is 21.6. The van der Waals surface area contributed by atoms with Gasteiger partial charge in [0.25, 0.3) is 21.8 Å². The minimum absolute atomic E-state index is 0.0357. The second kappa shape index (κ2) is 8.34. The van der Waals surface area contributed by atoms with Crippen molar-refractivity contribution < 1.29 is 22.9 Å². The van der Waals surface area contributed by atoms with E-state index < -0.39 is 15.1 Å². The first-order valence-corrected chi connectivity index (χ1v) is 10.9. The Balaban J connectivity index is 1.65. The van der Waals surface area contributed by atoms with Crippen molar-refractivity contribution in [3.8, 4) is 0 Å². The number of piperazine rings is 1. The fourth-order valence-electron chi connectivity index (χ4n) is 3.78. The van der Waals surface area contributed by atoms with E-state index in [1.54, 1.807) is 11.8 Å². The molecule has 2 fully saturated rings. The van der Waals surface area contributed by atoms with Gasteiger partial charge in [-0.05, 0) is 32.9 Å². The molecule has 0 N–H and O–H groups in total. The number of carbonyl (C=O) groups excluding carboxylic acids is 1. The maximum atomic E-state index is 13.0. The molecule has 2 aliphatic rings. The first-order valence-electron chi connectivity index (χ1n) is 9.54. The minimum Gasteiger partial charge on any atom is -0.373 e. The van der Waals surface area contributed by atoms with E-state index in [1.165, 1.54) is 26.8 Å². The molecule has 160 valence electrons. The van der Waals surface area contributed by atoms with E-state index in [4.69, 9.17) is 4.74 Å². The molecular weight excluding hydrogens is 400 g/mol. The summed E-state index contributed by atoms with van der Waals surface area (Å²) >= 11 is 0. The lowest BCUT2D eigenvalue weighted by Gasteiger charge is -2.40. The number of nitro benzene ring substituents is 1. The summed E-state index contributed by atoms with van der Waals surface area (Å²) < 4.78 is 34.4. The number of benzene rings is 1. The van der Waals surface area contributed by atoms with Crippen molar-refractivity contribution in [2.75, 3.05) is 39.3 Å². The maximum absolute atomic E-state index is 13.0. The topological polar surface area (TPSA) is 113 Å². The number of aryl methyl sites for hydroxylation is 1. The Labute approximate surface area is 170 Å². The summed E-state index contributed by atoms with van der Waals surface area (Å²) in [7, 11) is -3.61. The molecule has 1 aromatic rings. The molecule has 0 saturated carbocycles. The highest BCUT2D eigenvalue weighted by Gasteiger charge is 2.37. The standard InChI is InChI=1S/C18H26N4O6S/c1-13-10-16(4-5-17(13)22(24)25)18(23)19-6-8-20(9-7-19)29(26,27)21-11-14(2)28-15(3)12-21/h4-5,10,14-15H,6-9,11-12H2,1-3H3. The fourth-order valence-corrected chi connectivity index (χ4v) is 5.53. The molecular formula is C18H26N4O6S. The van der Waals surface area contributed by atoms with Gasteiger partial charge in [0.15, 0.2) is 0 Å². The quantitative estimate of drug-likeness (QED) is 0.525. The molecule has 2 unspecified atom stereocenters. The zero-order chi connectivity index (χ0) is 21.3. The molecule has 1 amide bonds. The SMILES string of the molecule is Cc1cc(C(=O)N2CCN(S(=O)(=O)N3CC(C)OC(C)C3)CC2)ccc1[N+](=O)[O-]. The maximum Gasteiger partial charge on any atom is 0.282 e. The van der Waals surface area contributed by atoms with Gasteiger partial charge < -0.3 is 9.64 Å². The molecule has 3 rings (SSSR count). The molecule has 2 heterocycles. The summed E-state index contributed by atoms with van der Waals surface area (Å²) in [5.41, 5.74) is 0.740. The van der Waals surface area contributed by atoms with E-state index in [9.17, 15) is 23.3 Å². The zero-order valence-corrected chi connectivity index (χ0v) is 17.6. The van der Waals surface area contributed by atoms with Crippen LogP contribution in [0.2, 0.25) is 0 Å². The number of amides is 1. The van der Waals surface area contributed by atoms with Gasteiger partial charge in [-0.3, -0.25) is 14.9 Å². The number of nitro groups is 1. The van der Waals surface area contributed by atoms with Gasteiger partial charge in [0, 0.05) is 56.5 Å². The van der Waals surface area contributed by atoms with Gasteiger partial charge in [0.05, 0.1) is 17.1 Å². The summed E-state index contributed by atoms with van der Waals surface area (Å²) in [6, 6.07) is 4.26. The van der Waals surface area contributed by atoms with Crippen molar-refractivity contribution in [1.29, 1.82) is 0 Å². The van der Waals surface area contributed by atoms with Crippen LogP contribution in [-0.2, 0) is 14.9 Å². The van der Waals surface area contributed by atoms with Gasteiger partial charge in [-0.15, -0.1) is 0 Å². The van der Waals surface area contributed by atoms with Gasteiger partial charge >= 0.3 is 0 Å². The second-order valence-corrected chi connectivity index (χ2v) is 9.46. The number of ether oxygens (including phenoxy) is 1. The molecule has 0 aliphatic carbocycles. The van der Waals surface area contributed by atoms with Crippen molar-refractivity contribution >= 4 is 21.8 Å². The van der Waals surface area contributed by atoms with Crippen molar-refractivity contribution in [3.05, 3.63) is 39.4 Å². The molecule has 2 aliphatic heterocycles. The number of hydrogen-bond acceptors (Lipinski definition) is 6. The van der Waals surface area contributed by atoms with Crippen LogP contribution < -0.4 is 0 Å². The number of carbonyl (C=O) groups is 1. The number of nitrogens with zero attached hydrogens (tertiary/aromatic N) is 4. The lowest BCUT2D eigenvalue weighted by atomic mass is 10.1. The van der Waals surface area contributed by atoms with Gasteiger partial charge in [0.1, 0.15) is 0 Å². The van der Waals surface area contributed by atoms with Crippen LogP contribution in [0.5, 0.6) is 0 Å². The molecule has 29 heavy (non-hydrogen) atoms. The number of hydrogen-bond donors (Lipinski definition) is 0. The Kier molecular flexibility index (Phi) is 6.22. The van der Waals surface area contributed by atoms with Crippen LogP contribution in [0.25, 0.3) is 0 Å². The van der Waals surface area contributed by atoms with Crippen LogP contribution in [0, 0.1) is 17.0 Å². The summed E-state index contributed by atoms with van der Waals surface area (Å²) in [5.74, 6) is -0.256. The normalized spacial score (nSPS) is 24.4. The van der Waals surface area contributed by atoms with Crippen LogP contribution in [0.15, 0.2) is 18.2 Å². The summed E-state index contributed by atoms with van der Waals surface area (Å²) in [6.45, 7) is 6.86. The highest BCUT2D eigenvalue weighted by molar-refractivity contribution is 7.86. The van der Waals surface area contributed by atoms with Crippen molar-refractivity contribution in [2.45, 2.75) is 33.0 Å². The highest BCUT2D eigenvalue weighted by Crippen LogP contribution is 2.22. The van der Waals surface area contributed by atoms with Gasteiger partial charge in [0.2, 0.25) is 0 Å². The lowest BCUT2D eigenvalue weighted by Crippen LogP contribution is -2.57. The largest absolute Gasteiger partial charge is 0.373 e. The van der Waals surface area contributed by atoms with Crippen LogP contribution >= 0.6 is 0 Å². The Bertz CT molecular complexity index is 888. The van der Waals surface area contributed by atoms with Crippen LogP contribution in [0.4, 0.5) is 5.69 Å². The molecule has 0 bridgehead atoms. The predicted molar refractivity (Wildman–Crippen MR) is 106 cm³/mol. The average molecular weight is 426 g/mol. The third-order valence-electron chi connectivity index (χ3n) is 5.20. The molecule has 0 aromatic heterocycles. The van der Waals surface area contributed by atoms with Crippen LogP contribution in [0.1, 0.15) is 29.8 Å². The molecule has 2 saturated heterocycles. The molecule has 11 heteroatoms. The van der Waals surface area contributed by atoms with Crippen LogP contribution in [0.3, 0.4) is 0 Å². The van der Waals surface area contributed by atoms with Gasteiger partial charge in [-0.1, -0.05) is 0 Å². The summed E-state index contributed by atoms with van der Waals surface area (Å²) in [4.78, 5) is 24.8. The van der Waals surface area contributed by atoms with E-state index in [2.05, 4.69) is 0 Å². The first-order chi connectivity index (χ1) is 13.6. The van der Waals surface area contributed by atoms with Gasteiger partial charge in [-0.2, -0.15) is 17.0 Å². The predicted octanol–water partition coefficient (Wildman–Crippen LogP) is 1.02. The smallest absolute Gasteiger partial charge is 0.282 e. The highest BCUT2D eigenvalue weighted by atomic mass is 32.2. The van der Waals surface area contributed by atoms with Crippen molar-refractivity contribution in [1.82, 2.24) is 13.5 Å². The molecule has 10 nitrogen and oxygen atoms in total. The Hall–Kier alpha value is -2.08. The van der Waals surface area contributed by atoms with E-state index >= 15 is 0 Å². The Morgan fingerprint density at radius 3 is 2.21 bits per heavy atom. The third kappa shape index (κ3) is 4.58. The monoisotopic (exact) mass is 426 g/mol. The Morgan fingerprint density at radius 1 is 1.10 bits per heavy atom. The zero-order valence-electron chi connectivity index (χ0n) is 16.8. The third-order valence-corrected chi connectivity index (χ3v) is 7.17. The van der Waals surface area contributed by atoms with Gasteiger partial charge in [-0.25, -0.2) is 0 Å². The number of rotatable bonds is 4. The average Bonchev–Trinajstić information content (AvgIpc) is 2.66. The number of morpholine rings is 1. The molecule has 1 aromatic carbocycles. The Morgan fingerprint density at radius 2 is 1.69 bits per heavy atom. The van der Waals surface area contributed by atoms with E-state index in [0.717, 1.165) is 0 Å². The minimum atomic E-state index is -3.61. The summed E-state index contributed by atoms with van der Waals surface area (Å²) in [6.07, 6.45) is -0.330. The molecule has 0 spiro atoms. The molecule has 0 radical (unpaired) electrons. The second-order valence-electron chi connectivity index (χ2n) is 7.53. The lowest BCUT2D eigenvalue weighted by molar-refractivity contribution is -0.385. The molecule has 2 atom stereocenters. The van der Waals surface area contributed by atoms with E-state index in [0.29, 0.717) is 24.2 Å². The van der Waals surface area contributed by atoms with E-state index in [-0.39, 0.29) is 50.0 Å². The van der Waals surface area contributed by atoms with Crippen LogP contribution in [-0.4, -0.2) is 84.2 Å².